The van der Waals surface area contributed by atoms with E-state index in [4.69, 9.17) is 23.2 Å². The van der Waals surface area contributed by atoms with Crippen LogP contribution in [0.1, 0.15) is 17.4 Å². The summed E-state index contributed by atoms with van der Waals surface area (Å²) in [6.45, 7) is 2.13. The number of aromatic nitrogens is 2. The summed E-state index contributed by atoms with van der Waals surface area (Å²) in [6, 6.07) is 5.16. The van der Waals surface area contributed by atoms with Gasteiger partial charge in [0.15, 0.2) is 0 Å². The maximum absolute atomic E-state index is 12.8. The molecule has 1 aliphatic heterocycles. The highest BCUT2D eigenvalue weighted by molar-refractivity contribution is 6.35. The van der Waals surface area contributed by atoms with Crippen molar-refractivity contribution < 1.29 is 4.79 Å². The number of hydrogen-bond donors (Lipinski definition) is 1. The van der Waals surface area contributed by atoms with Crippen molar-refractivity contribution in [3.63, 3.8) is 0 Å². The number of piperazine rings is 1. The second kappa shape index (κ2) is 6.91. The van der Waals surface area contributed by atoms with Gasteiger partial charge in [0.05, 0.1) is 6.42 Å². The third-order valence-corrected chi connectivity index (χ3v) is 4.66. The molecule has 0 radical (unpaired) electrons. The summed E-state index contributed by atoms with van der Waals surface area (Å²) in [6.07, 6.45) is 3.91. The van der Waals surface area contributed by atoms with Gasteiger partial charge in [-0.15, -0.1) is 0 Å². The van der Waals surface area contributed by atoms with Gasteiger partial charge in [0.1, 0.15) is 11.9 Å². The Balaban J connectivity index is 1.80. The van der Waals surface area contributed by atoms with Crippen molar-refractivity contribution in [2.24, 2.45) is 7.05 Å². The van der Waals surface area contributed by atoms with Crippen LogP contribution in [0.5, 0.6) is 0 Å². The number of nitrogens with zero attached hydrogens (tertiary/aromatic N) is 3. The molecule has 5 nitrogen and oxygen atoms in total. The van der Waals surface area contributed by atoms with Crippen molar-refractivity contribution in [1.82, 2.24) is 19.8 Å². The zero-order valence-corrected chi connectivity index (χ0v) is 14.3. The number of rotatable bonds is 3. The lowest BCUT2D eigenvalue weighted by molar-refractivity contribution is -0.134. The van der Waals surface area contributed by atoms with Gasteiger partial charge in [0.25, 0.3) is 0 Å². The van der Waals surface area contributed by atoms with Crippen LogP contribution in [-0.4, -0.2) is 40.0 Å². The monoisotopic (exact) mass is 352 g/mol. The third-order valence-electron chi connectivity index (χ3n) is 4.08. The van der Waals surface area contributed by atoms with Crippen LogP contribution in [0.4, 0.5) is 0 Å². The van der Waals surface area contributed by atoms with E-state index in [1.807, 2.05) is 22.7 Å². The predicted octanol–water partition coefficient (Wildman–Crippen LogP) is 2.44. The maximum Gasteiger partial charge on any atom is 0.227 e. The Hall–Kier alpha value is -1.56. The quantitative estimate of drug-likeness (QED) is 0.922. The summed E-state index contributed by atoms with van der Waals surface area (Å²) in [5, 5.41) is 4.42. The Bertz CT molecular complexity index is 716. The van der Waals surface area contributed by atoms with Crippen molar-refractivity contribution in [3.05, 3.63) is 52.0 Å². The molecule has 1 saturated heterocycles. The summed E-state index contributed by atoms with van der Waals surface area (Å²) in [5.74, 6) is 0.927. The molecule has 0 saturated carbocycles. The number of aryl methyl sites for hydroxylation is 1. The van der Waals surface area contributed by atoms with Gasteiger partial charge in [-0.05, 0) is 17.7 Å². The van der Waals surface area contributed by atoms with Gasteiger partial charge in [0.2, 0.25) is 5.91 Å². The SMILES string of the molecule is Cn1ccnc1C1CNCCN1C(=O)Cc1ccc(Cl)cc1Cl. The lowest BCUT2D eigenvalue weighted by Crippen LogP contribution is -2.49. The van der Waals surface area contributed by atoms with E-state index in [1.54, 1.807) is 24.4 Å². The molecule has 1 amide bonds. The molecule has 7 heteroatoms. The van der Waals surface area contributed by atoms with Crippen molar-refractivity contribution in [2.75, 3.05) is 19.6 Å². The average Bonchev–Trinajstić information content (AvgIpc) is 2.96. The van der Waals surface area contributed by atoms with E-state index in [0.717, 1.165) is 17.9 Å². The lowest BCUT2D eigenvalue weighted by atomic mass is 10.1. The normalized spacial score (nSPS) is 18.2. The van der Waals surface area contributed by atoms with E-state index in [0.29, 0.717) is 23.1 Å². The fourth-order valence-electron chi connectivity index (χ4n) is 2.86. The number of imidazole rings is 1. The highest BCUT2D eigenvalue weighted by Gasteiger charge is 2.30. The molecule has 2 aromatic rings. The molecular formula is C16H18Cl2N4O. The Morgan fingerprint density at radius 2 is 2.26 bits per heavy atom. The predicted molar refractivity (Wildman–Crippen MR) is 90.7 cm³/mol. The second-order valence-electron chi connectivity index (χ2n) is 5.62. The Morgan fingerprint density at radius 1 is 1.43 bits per heavy atom. The first-order valence-electron chi connectivity index (χ1n) is 7.47. The van der Waals surface area contributed by atoms with Crippen LogP contribution in [-0.2, 0) is 18.3 Å². The Morgan fingerprint density at radius 3 is 2.96 bits per heavy atom. The van der Waals surface area contributed by atoms with Gasteiger partial charge in [0, 0.05) is 49.1 Å². The lowest BCUT2D eigenvalue weighted by Gasteiger charge is -2.36. The molecule has 1 aromatic carbocycles. The van der Waals surface area contributed by atoms with E-state index >= 15 is 0 Å². The van der Waals surface area contributed by atoms with Gasteiger partial charge in [-0.2, -0.15) is 0 Å². The van der Waals surface area contributed by atoms with Gasteiger partial charge in [-0.1, -0.05) is 29.3 Å². The van der Waals surface area contributed by atoms with Crippen LogP contribution >= 0.6 is 23.2 Å². The van der Waals surface area contributed by atoms with Crippen LogP contribution in [0.3, 0.4) is 0 Å². The Kier molecular flexibility index (Phi) is 4.90. The highest BCUT2D eigenvalue weighted by atomic mass is 35.5. The molecule has 3 rings (SSSR count). The number of carbonyl (C=O) groups excluding carboxylic acids is 1. The number of nitrogens with one attached hydrogen (secondary N) is 1. The van der Waals surface area contributed by atoms with Crippen molar-refractivity contribution in [2.45, 2.75) is 12.5 Å². The van der Waals surface area contributed by atoms with E-state index in [-0.39, 0.29) is 18.4 Å². The molecule has 122 valence electrons. The fourth-order valence-corrected chi connectivity index (χ4v) is 3.34. The maximum atomic E-state index is 12.8. The van der Waals surface area contributed by atoms with Crippen molar-refractivity contribution in [3.8, 4) is 0 Å². The minimum Gasteiger partial charge on any atom is -0.336 e. The van der Waals surface area contributed by atoms with Gasteiger partial charge < -0.3 is 14.8 Å². The minimum atomic E-state index is -0.0673. The van der Waals surface area contributed by atoms with E-state index in [2.05, 4.69) is 10.3 Å². The Labute approximate surface area is 145 Å². The van der Waals surface area contributed by atoms with Crippen LogP contribution in [0, 0.1) is 0 Å². The smallest absolute Gasteiger partial charge is 0.227 e. The van der Waals surface area contributed by atoms with Crippen molar-refractivity contribution in [1.29, 1.82) is 0 Å². The summed E-state index contributed by atoms with van der Waals surface area (Å²) in [7, 11) is 1.94. The number of carbonyl (C=O) groups is 1. The first-order valence-corrected chi connectivity index (χ1v) is 8.23. The zero-order valence-electron chi connectivity index (χ0n) is 12.8. The number of benzene rings is 1. The van der Waals surface area contributed by atoms with Crippen LogP contribution in [0.2, 0.25) is 10.0 Å². The van der Waals surface area contributed by atoms with Crippen LogP contribution in [0.15, 0.2) is 30.6 Å². The van der Waals surface area contributed by atoms with E-state index in [1.165, 1.54) is 0 Å². The fraction of sp³-hybridized carbons (Fsp3) is 0.375. The van der Waals surface area contributed by atoms with Gasteiger partial charge in [-0.25, -0.2) is 4.98 Å². The van der Waals surface area contributed by atoms with Crippen molar-refractivity contribution >= 4 is 29.1 Å². The average molecular weight is 353 g/mol. The number of amides is 1. The number of halogens is 2. The van der Waals surface area contributed by atoms with Gasteiger partial charge >= 0.3 is 0 Å². The summed E-state index contributed by atoms with van der Waals surface area (Å²) < 4.78 is 1.95. The standard InChI is InChI=1S/C16H18Cl2N4O/c1-21-6-5-20-16(21)14-10-19-4-7-22(14)15(23)8-11-2-3-12(17)9-13(11)18/h2-3,5-6,9,14,19H,4,7-8,10H2,1H3. The molecule has 1 aromatic heterocycles. The van der Waals surface area contributed by atoms with E-state index in [9.17, 15) is 4.79 Å². The zero-order chi connectivity index (χ0) is 16.4. The summed E-state index contributed by atoms with van der Waals surface area (Å²) in [4.78, 5) is 19.1. The molecule has 23 heavy (non-hydrogen) atoms. The van der Waals surface area contributed by atoms with Gasteiger partial charge in [-0.3, -0.25) is 4.79 Å². The molecule has 1 unspecified atom stereocenters. The summed E-state index contributed by atoms with van der Waals surface area (Å²) in [5.41, 5.74) is 0.790. The molecule has 1 atom stereocenters. The molecule has 0 aliphatic carbocycles. The van der Waals surface area contributed by atoms with Crippen LogP contribution in [0.25, 0.3) is 0 Å². The molecular weight excluding hydrogens is 335 g/mol. The largest absolute Gasteiger partial charge is 0.336 e. The van der Waals surface area contributed by atoms with Crippen LogP contribution < -0.4 is 5.32 Å². The minimum absolute atomic E-state index is 0.0451. The first-order chi connectivity index (χ1) is 11.1. The molecule has 1 fully saturated rings. The molecule has 1 aliphatic rings. The molecule has 0 spiro atoms. The van der Waals surface area contributed by atoms with E-state index < -0.39 is 0 Å². The molecule has 2 heterocycles. The third kappa shape index (κ3) is 3.52. The second-order valence-corrected chi connectivity index (χ2v) is 6.46. The molecule has 0 bridgehead atoms. The highest BCUT2D eigenvalue weighted by Crippen LogP contribution is 2.25. The topological polar surface area (TPSA) is 50.2 Å². The molecule has 1 N–H and O–H groups in total. The summed E-state index contributed by atoms with van der Waals surface area (Å²) >= 11 is 12.1. The number of hydrogen-bond acceptors (Lipinski definition) is 3. The first kappa shape index (κ1) is 16.3.